The molecule has 0 aliphatic heterocycles. The molecule has 1 aromatic rings. The van der Waals surface area contributed by atoms with Crippen molar-refractivity contribution in [2.24, 2.45) is 5.73 Å². The zero-order valence-corrected chi connectivity index (χ0v) is 11.5. The molecule has 0 amide bonds. The maximum absolute atomic E-state index is 6.13. The number of unbranched alkanes of at least 4 members (excludes halogenated alkanes) is 3. The molecule has 3 heteroatoms. The Bertz CT molecular complexity index is 339. The summed E-state index contributed by atoms with van der Waals surface area (Å²) in [6.07, 6.45) is 4.80. The van der Waals surface area contributed by atoms with Crippen LogP contribution in [-0.4, -0.2) is 6.61 Å². The van der Waals surface area contributed by atoms with E-state index >= 15 is 0 Å². The number of hydrogen-bond donors (Lipinski definition) is 1. The Hall–Kier alpha value is -0.730. The van der Waals surface area contributed by atoms with E-state index in [0.29, 0.717) is 5.02 Å². The molecule has 0 fully saturated rings. The molecule has 0 bridgehead atoms. The fraction of sp³-hybridized carbons (Fsp3) is 0.571. The fourth-order valence-corrected chi connectivity index (χ4v) is 1.87. The average Bonchev–Trinajstić information content (AvgIpc) is 2.30. The Labute approximate surface area is 109 Å². The zero-order valence-electron chi connectivity index (χ0n) is 10.7. The summed E-state index contributed by atoms with van der Waals surface area (Å²) < 4.78 is 5.65. The molecule has 1 aromatic carbocycles. The van der Waals surface area contributed by atoms with E-state index in [4.69, 9.17) is 22.1 Å². The average molecular weight is 256 g/mol. The number of benzene rings is 1. The molecule has 0 aliphatic rings. The molecule has 2 N–H and O–H groups in total. The second kappa shape index (κ2) is 7.57. The fourth-order valence-electron chi connectivity index (χ4n) is 1.63. The Kier molecular flexibility index (Phi) is 6.38. The predicted octanol–water partition coefficient (Wildman–Crippen LogP) is 4.32. The summed E-state index contributed by atoms with van der Waals surface area (Å²) >= 11 is 6.13. The normalized spacial score (nSPS) is 12.5. The largest absolute Gasteiger partial charge is 0.492 e. The van der Waals surface area contributed by atoms with Crippen LogP contribution in [0.3, 0.4) is 0 Å². The quantitative estimate of drug-likeness (QED) is 0.737. The molecule has 0 unspecified atom stereocenters. The highest BCUT2D eigenvalue weighted by molar-refractivity contribution is 6.32. The van der Waals surface area contributed by atoms with E-state index in [1.807, 2.05) is 25.1 Å². The smallest absolute Gasteiger partial charge is 0.137 e. The van der Waals surface area contributed by atoms with E-state index in [2.05, 4.69) is 6.92 Å². The summed E-state index contributed by atoms with van der Waals surface area (Å²) in [6, 6.07) is 5.76. The van der Waals surface area contributed by atoms with Gasteiger partial charge in [0.15, 0.2) is 0 Å². The number of ether oxygens (including phenoxy) is 1. The molecule has 1 atom stereocenters. The summed E-state index contributed by atoms with van der Waals surface area (Å²) in [6.45, 7) is 4.87. The predicted molar refractivity (Wildman–Crippen MR) is 73.7 cm³/mol. The van der Waals surface area contributed by atoms with E-state index < -0.39 is 0 Å². The molecule has 0 spiro atoms. The van der Waals surface area contributed by atoms with Crippen molar-refractivity contribution in [3.8, 4) is 5.75 Å². The van der Waals surface area contributed by atoms with Gasteiger partial charge in [-0.05, 0) is 31.0 Å². The van der Waals surface area contributed by atoms with E-state index in [0.717, 1.165) is 24.3 Å². The first-order chi connectivity index (χ1) is 8.15. The molecule has 0 radical (unpaired) electrons. The summed E-state index contributed by atoms with van der Waals surface area (Å²) in [5.41, 5.74) is 6.82. The van der Waals surface area contributed by atoms with E-state index in [9.17, 15) is 0 Å². The van der Waals surface area contributed by atoms with Crippen LogP contribution < -0.4 is 10.5 Å². The third kappa shape index (κ3) is 4.97. The molecule has 0 heterocycles. The highest BCUT2D eigenvalue weighted by Crippen LogP contribution is 2.27. The lowest BCUT2D eigenvalue weighted by molar-refractivity contribution is 0.305. The van der Waals surface area contributed by atoms with Crippen molar-refractivity contribution in [3.05, 3.63) is 28.8 Å². The van der Waals surface area contributed by atoms with Gasteiger partial charge < -0.3 is 10.5 Å². The van der Waals surface area contributed by atoms with Crippen LogP contribution in [0.5, 0.6) is 5.75 Å². The Morgan fingerprint density at radius 3 is 2.65 bits per heavy atom. The van der Waals surface area contributed by atoms with Gasteiger partial charge >= 0.3 is 0 Å². The summed E-state index contributed by atoms with van der Waals surface area (Å²) in [7, 11) is 0. The molecule has 2 nitrogen and oxygen atoms in total. The summed E-state index contributed by atoms with van der Waals surface area (Å²) in [5.74, 6) is 0.757. The second-order valence-electron chi connectivity index (χ2n) is 4.39. The van der Waals surface area contributed by atoms with Gasteiger partial charge in [0.25, 0.3) is 0 Å². The highest BCUT2D eigenvalue weighted by atomic mass is 35.5. The van der Waals surface area contributed by atoms with Gasteiger partial charge in [-0.25, -0.2) is 0 Å². The van der Waals surface area contributed by atoms with E-state index in [-0.39, 0.29) is 6.04 Å². The van der Waals surface area contributed by atoms with E-state index in [1.54, 1.807) is 0 Å². The van der Waals surface area contributed by atoms with Crippen LogP contribution in [0.15, 0.2) is 18.2 Å². The Balaban J connectivity index is 2.43. The highest BCUT2D eigenvalue weighted by Gasteiger charge is 2.05. The maximum Gasteiger partial charge on any atom is 0.137 e. The Morgan fingerprint density at radius 1 is 1.29 bits per heavy atom. The molecule has 0 saturated carbocycles. The van der Waals surface area contributed by atoms with Crippen LogP contribution >= 0.6 is 11.6 Å². The van der Waals surface area contributed by atoms with Crippen molar-refractivity contribution in [2.75, 3.05) is 6.61 Å². The lowest BCUT2D eigenvalue weighted by atomic mass is 10.1. The van der Waals surface area contributed by atoms with Crippen molar-refractivity contribution < 1.29 is 4.74 Å². The summed E-state index contributed by atoms with van der Waals surface area (Å²) in [4.78, 5) is 0. The van der Waals surface area contributed by atoms with Gasteiger partial charge in [-0.2, -0.15) is 0 Å². The molecular formula is C14H22ClNO. The maximum atomic E-state index is 6.13. The molecule has 17 heavy (non-hydrogen) atoms. The first-order valence-electron chi connectivity index (χ1n) is 6.33. The number of nitrogens with two attached hydrogens (primary N) is 1. The van der Waals surface area contributed by atoms with Crippen LogP contribution in [0.25, 0.3) is 0 Å². The number of rotatable bonds is 7. The van der Waals surface area contributed by atoms with Crippen LogP contribution in [0.4, 0.5) is 0 Å². The minimum absolute atomic E-state index is 0.00565. The first kappa shape index (κ1) is 14.3. The van der Waals surface area contributed by atoms with Gasteiger partial charge in [0.2, 0.25) is 0 Å². The third-order valence-corrected chi connectivity index (χ3v) is 3.03. The summed E-state index contributed by atoms with van der Waals surface area (Å²) in [5, 5.41) is 0.648. The molecule has 0 aromatic heterocycles. The molecule has 96 valence electrons. The Morgan fingerprint density at radius 2 is 2.06 bits per heavy atom. The topological polar surface area (TPSA) is 35.2 Å². The van der Waals surface area contributed by atoms with Gasteiger partial charge in [0.05, 0.1) is 11.6 Å². The minimum Gasteiger partial charge on any atom is -0.492 e. The van der Waals surface area contributed by atoms with Gasteiger partial charge in [-0.3, -0.25) is 0 Å². The monoisotopic (exact) mass is 255 g/mol. The van der Waals surface area contributed by atoms with Crippen molar-refractivity contribution in [1.82, 2.24) is 0 Å². The van der Waals surface area contributed by atoms with Crippen LogP contribution in [-0.2, 0) is 0 Å². The van der Waals surface area contributed by atoms with Crippen molar-refractivity contribution in [2.45, 2.75) is 45.6 Å². The lowest BCUT2D eigenvalue weighted by Gasteiger charge is -2.11. The first-order valence-corrected chi connectivity index (χ1v) is 6.70. The van der Waals surface area contributed by atoms with Gasteiger partial charge in [-0.15, -0.1) is 0 Å². The van der Waals surface area contributed by atoms with E-state index in [1.165, 1.54) is 19.3 Å². The lowest BCUT2D eigenvalue weighted by Crippen LogP contribution is -2.05. The van der Waals surface area contributed by atoms with Gasteiger partial charge in [-0.1, -0.05) is 43.9 Å². The SMILES string of the molecule is CCCCCCOc1ccc([C@@H](C)N)cc1Cl. The number of hydrogen-bond acceptors (Lipinski definition) is 2. The number of halogens is 1. The third-order valence-electron chi connectivity index (χ3n) is 2.74. The van der Waals surface area contributed by atoms with Crippen LogP contribution in [0.1, 0.15) is 51.1 Å². The minimum atomic E-state index is 0.00565. The van der Waals surface area contributed by atoms with Crippen molar-refractivity contribution in [3.63, 3.8) is 0 Å². The van der Waals surface area contributed by atoms with Crippen molar-refractivity contribution in [1.29, 1.82) is 0 Å². The van der Waals surface area contributed by atoms with Crippen LogP contribution in [0, 0.1) is 0 Å². The van der Waals surface area contributed by atoms with Crippen molar-refractivity contribution >= 4 is 11.6 Å². The molecule has 0 saturated heterocycles. The zero-order chi connectivity index (χ0) is 12.7. The van der Waals surface area contributed by atoms with Gasteiger partial charge in [0, 0.05) is 6.04 Å². The second-order valence-corrected chi connectivity index (χ2v) is 4.79. The standard InChI is InChI=1S/C14H22ClNO/c1-3-4-5-6-9-17-14-8-7-12(11(2)16)10-13(14)15/h7-8,10-11H,3-6,9,16H2,1-2H3/t11-/m1/s1. The molecular weight excluding hydrogens is 234 g/mol. The van der Waals surface area contributed by atoms with Crippen LogP contribution in [0.2, 0.25) is 5.02 Å². The van der Waals surface area contributed by atoms with Gasteiger partial charge in [0.1, 0.15) is 5.75 Å². The molecule has 0 aliphatic carbocycles. The molecule has 1 rings (SSSR count).